The van der Waals surface area contributed by atoms with Crippen molar-refractivity contribution < 1.29 is 9.53 Å². The number of nitrogens with two attached hydrogens (primary N) is 1. The monoisotopic (exact) mass is 262 g/mol. The molecular weight excluding hydrogens is 240 g/mol. The lowest BCUT2D eigenvalue weighted by molar-refractivity contribution is -0.123. The van der Waals surface area contributed by atoms with Gasteiger partial charge in [-0.25, -0.2) is 0 Å². The van der Waals surface area contributed by atoms with Gasteiger partial charge in [0.15, 0.2) is 6.61 Å². The van der Waals surface area contributed by atoms with Gasteiger partial charge in [0.2, 0.25) is 0 Å². The molecule has 0 saturated heterocycles. The molecule has 104 valence electrons. The number of carbonyl (C=O) groups excluding carboxylic acids is 1. The first kappa shape index (κ1) is 13.9. The van der Waals surface area contributed by atoms with Crippen LogP contribution in [-0.4, -0.2) is 25.1 Å². The van der Waals surface area contributed by atoms with Crippen LogP contribution < -0.4 is 15.8 Å². The standard InChI is InChI=1S/C15H22N2O2/c16-14-9-5-4-6-12(14)10-17-15(18)11-19-13-7-2-1-3-8-13/h1-3,7-8,12,14H,4-6,9-11,16H2,(H,17,18). The molecule has 2 atom stereocenters. The Bertz CT molecular complexity index is 394. The maximum absolute atomic E-state index is 11.7. The number of ether oxygens (including phenoxy) is 1. The molecule has 1 aliphatic rings. The first-order valence-electron chi connectivity index (χ1n) is 6.96. The molecule has 1 aromatic carbocycles. The van der Waals surface area contributed by atoms with Crippen LogP contribution in [0, 0.1) is 5.92 Å². The fraction of sp³-hybridized carbons (Fsp3) is 0.533. The zero-order valence-corrected chi connectivity index (χ0v) is 11.2. The van der Waals surface area contributed by atoms with Gasteiger partial charge in [0.05, 0.1) is 0 Å². The number of amides is 1. The van der Waals surface area contributed by atoms with Crippen LogP contribution in [0.2, 0.25) is 0 Å². The lowest BCUT2D eigenvalue weighted by Crippen LogP contribution is -2.42. The summed E-state index contributed by atoms with van der Waals surface area (Å²) in [4.78, 5) is 11.7. The van der Waals surface area contributed by atoms with Crippen LogP contribution in [0.5, 0.6) is 5.75 Å². The highest BCUT2D eigenvalue weighted by molar-refractivity contribution is 5.77. The molecule has 0 spiro atoms. The van der Waals surface area contributed by atoms with E-state index in [1.165, 1.54) is 12.8 Å². The fourth-order valence-electron chi connectivity index (χ4n) is 2.45. The third kappa shape index (κ3) is 4.56. The van der Waals surface area contributed by atoms with E-state index in [1.54, 1.807) is 0 Å². The third-order valence-corrected chi connectivity index (χ3v) is 3.64. The molecule has 0 radical (unpaired) electrons. The summed E-state index contributed by atoms with van der Waals surface area (Å²) in [6.45, 7) is 0.726. The second-order valence-electron chi connectivity index (χ2n) is 5.11. The van der Waals surface area contributed by atoms with E-state index in [1.807, 2.05) is 30.3 Å². The van der Waals surface area contributed by atoms with Crippen molar-refractivity contribution in [1.82, 2.24) is 5.32 Å². The SMILES string of the molecule is NC1CCCCC1CNC(=O)COc1ccccc1. The molecule has 3 N–H and O–H groups in total. The van der Waals surface area contributed by atoms with Crippen molar-refractivity contribution in [2.75, 3.05) is 13.2 Å². The van der Waals surface area contributed by atoms with E-state index in [-0.39, 0.29) is 18.6 Å². The van der Waals surface area contributed by atoms with Gasteiger partial charge in [0.25, 0.3) is 5.91 Å². The van der Waals surface area contributed by atoms with Crippen molar-refractivity contribution in [1.29, 1.82) is 0 Å². The molecule has 1 amide bonds. The Morgan fingerprint density at radius 3 is 2.74 bits per heavy atom. The molecule has 1 fully saturated rings. The van der Waals surface area contributed by atoms with Gasteiger partial charge in [-0.3, -0.25) is 4.79 Å². The molecule has 1 aliphatic carbocycles. The molecule has 19 heavy (non-hydrogen) atoms. The van der Waals surface area contributed by atoms with Gasteiger partial charge in [0, 0.05) is 12.6 Å². The lowest BCUT2D eigenvalue weighted by Gasteiger charge is -2.28. The highest BCUT2D eigenvalue weighted by Gasteiger charge is 2.21. The minimum Gasteiger partial charge on any atom is -0.484 e. The Morgan fingerprint density at radius 2 is 2.00 bits per heavy atom. The topological polar surface area (TPSA) is 64.3 Å². The van der Waals surface area contributed by atoms with E-state index < -0.39 is 0 Å². The van der Waals surface area contributed by atoms with Gasteiger partial charge in [-0.1, -0.05) is 31.0 Å². The van der Waals surface area contributed by atoms with Crippen LogP contribution in [0.3, 0.4) is 0 Å². The van der Waals surface area contributed by atoms with Crippen LogP contribution in [0.4, 0.5) is 0 Å². The highest BCUT2D eigenvalue weighted by Crippen LogP contribution is 2.22. The minimum atomic E-state index is -0.0818. The zero-order chi connectivity index (χ0) is 13.5. The van der Waals surface area contributed by atoms with E-state index in [0.717, 1.165) is 12.8 Å². The number of benzene rings is 1. The Labute approximate surface area is 114 Å². The molecular formula is C15H22N2O2. The first-order valence-corrected chi connectivity index (χ1v) is 6.96. The largest absolute Gasteiger partial charge is 0.484 e. The molecule has 4 nitrogen and oxygen atoms in total. The summed E-state index contributed by atoms with van der Waals surface area (Å²) in [6, 6.07) is 9.58. The van der Waals surface area contributed by atoms with E-state index in [2.05, 4.69) is 5.32 Å². The number of nitrogens with one attached hydrogen (secondary N) is 1. The number of hydrogen-bond donors (Lipinski definition) is 2. The summed E-state index contributed by atoms with van der Waals surface area (Å²) in [6.07, 6.45) is 4.61. The van der Waals surface area contributed by atoms with Crippen LogP contribution in [0.15, 0.2) is 30.3 Å². The number of carbonyl (C=O) groups is 1. The van der Waals surface area contributed by atoms with Crippen molar-refractivity contribution in [3.05, 3.63) is 30.3 Å². The van der Waals surface area contributed by atoms with Crippen LogP contribution in [-0.2, 0) is 4.79 Å². The average molecular weight is 262 g/mol. The van der Waals surface area contributed by atoms with Crippen molar-refractivity contribution in [2.24, 2.45) is 11.7 Å². The zero-order valence-electron chi connectivity index (χ0n) is 11.2. The fourth-order valence-corrected chi connectivity index (χ4v) is 2.45. The van der Waals surface area contributed by atoms with E-state index in [0.29, 0.717) is 18.2 Å². The van der Waals surface area contributed by atoms with Crippen LogP contribution in [0.25, 0.3) is 0 Å². The summed E-state index contributed by atoms with van der Waals surface area (Å²) in [5.41, 5.74) is 6.05. The maximum Gasteiger partial charge on any atom is 0.257 e. The van der Waals surface area contributed by atoms with Crippen molar-refractivity contribution in [3.8, 4) is 5.75 Å². The second-order valence-corrected chi connectivity index (χ2v) is 5.11. The summed E-state index contributed by atoms with van der Waals surface area (Å²) in [5.74, 6) is 1.04. The quantitative estimate of drug-likeness (QED) is 0.849. The lowest BCUT2D eigenvalue weighted by atomic mass is 9.85. The Hall–Kier alpha value is -1.55. The molecule has 0 aliphatic heterocycles. The summed E-state index contributed by atoms with van der Waals surface area (Å²) >= 11 is 0. The van der Waals surface area contributed by atoms with Gasteiger partial charge in [-0.15, -0.1) is 0 Å². The molecule has 2 rings (SSSR count). The molecule has 4 heteroatoms. The summed E-state index contributed by atoms with van der Waals surface area (Å²) < 4.78 is 5.39. The van der Waals surface area contributed by atoms with Gasteiger partial charge in [-0.05, 0) is 30.9 Å². The van der Waals surface area contributed by atoms with Crippen molar-refractivity contribution >= 4 is 5.91 Å². The van der Waals surface area contributed by atoms with Gasteiger partial charge in [-0.2, -0.15) is 0 Å². The van der Waals surface area contributed by atoms with Gasteiger partial charge in [0.1, 0.15) is 5.75 Å². The number of rotatable bonds is 5. The van der Waals surface area contributed by atoms with Crippen molar-refractivity contribution in [3.63, 3.8) is 0 Å². The molecule has 1 aromatic rings. The van der Waals surface area contributed by atoms with E-state index in [4.69, 9.17) is 10.5 Å². The Balaban J connectivity index is 1.67. The van der Waals surface area contributed by atoms with E-state index in [9.17, 15) is 4.79 Å². The third-order valence-electron chi connectivity index (χ3n) is 3.64. The van der Waals surface area contributed by atoms with Crippen molar-refractivity contribution in [2.45, 2.75) is 31.7 Å². The summed E-state index contributed by atoms with van der Waals surface area (Å²) in [5, 5.41) is 2.91. The maximum atomic E-state index is 11.7. The minimum absolute atomic E-state index is 0.0615. The molecule has 0 bridgehead atoms. The first-order chi connectivity index (χ1) is 9.25. The summed E-state index contributed by atoms with van der Waals surface area (Å²) in [7, 11) is 0. The van der Waals surface area contributed by atoms with Gasteiger partial charge >= 0.3 is 0 Å². The van der Waals surface area contributed by atoms with Crippen LogP contribution in [0.1, 0.15) is 25.7 Å². The Morgan fingerprint density at radius 1 is 1.26 bits per heavy atom. The number of hydrogen-bond acceptors (Lipinski definition) is 3. The smallest absolute Gasteiger partial charge is 0.257 e. The molecule has 0 heterocycles. The predicted octanol–water partition coefficient (Wildman–Crippen LogP) is 1.70. The molecule has 2 unspecified atom stereocenters. The molecule has 0 aromatic heterocycles. The van der Waals surface area contributed by atoms with E-state index >= 15 is 0 Å². The average Bonchev–Trinajstić information content (AvgIpc) is 2.45. The number of para-hydroxylation sites is 1. The Kier molecular flexibility index (Phi) is 5.21. The normalized spacial score (nSPS) is 22.8. The predicted molar refractivity (Wildman–Crippen MR) is 74.9 cm³/mol. The molecule has 1 saturated carbocycles. The highest BCUT2D eigenvalue weighted by atomic mass is 16.5. The van der Waals surface area contributed by atoms with Crippen LogP contribution >= 0.6 is 0 Å². The second kappa shape index (κ2) is 7.14. The van der Waals surface area contributed by atoms with Gasteiger partial charge < -0.3 is 15.8 Å².